The molecular weight excluding hydrogens is 292 g/mol. The molecule has 0 heterocycles. The molecule has 0 aromatic heterocycles. The number of carbonyl (C=O) groups is 1. The highest BCUT2D eigenvalue weighted by molar-refractivity contribution is 5.70. The minimum atomic E-state index is -0.768. The first-order valence-electron chi connectivity index (χ1n) is 7.70. The number of hydrogen-bond acceptors (Lipinski definition) is 3. The summed E-state index contributed by atoms with van der Waals surface area (Å²) in [5, 5.41) is 9.20. The van der Waals surface area contributed by atoms with Crippen LogP contribution in [0, 0.1) is 5.92 Å². The standard InChI is InChI=1S/C19H22O4/c1-3-16(19(20)21)11-15-9-10-17(22-2)18(12-15)23-13-14-7-5-4-6-8-14/h4-10,12,16H,3,11,13H2,1-2H3,(H,20,21). The van der Waals surface area contributed by atoms with Gasteiger partial charge in [0.15, 0.2) is 11.5 Å². The number of ether oxygens (including phenoxy) is 2. The number of aliphatic carboxylic acids is 1. The quantitative estimate of drug-likeness (QED) is 0.802. The maximum atomic E-state index is 11.2. The van der Waals surface area contributed by atoms with E-state index in [0.717, 1.165) is 11.1 Å². The average Bonchev–Trinajstić information content (AvgIpc) is 2.58. The van der Waals surface area contributed by atoms with E-state index in [1.54, 1.807) is 7.11 Å². The highest BCUT2D eigenvalue weighted by Crippen LogP contribution is 2.30. The minimum absolute atomic E-state index is 0.384. The Hall–Kier alpha value is -2.49. The predicted molar refractivity (Wildman–Crippen MR) is 88.9 cm³/mol. The van der Waals surface area contributed by atoms with Crippen molar-refractivity contribution in [1.29, 1.82) is 0 Å². The van der Waals surface area contributed by atoms with E-state index < -0.39 is 5.97 Å². The first-order chi connectivity index (χ1) is 11.1. The SMILES string of the molecule is CCC(Cc1ccc(OC)c(OCc2ccccc2)c1)C(=O)O. The fourth-order valence-electron chi connectivity index (χ4n) is 2.39. The van der Waals surface area contributed by atoms with Gasteiger partial charge in [0.05, 0.1) is 13.0 Å². The molecule has 0 aliphatic rings. The Morgan fingerprint density at radius 2 is 1.83 bits per heavy atom. The van der Waals surface area contributed by atoms with Crippen molar-refractivity contribution in [3.05, 3.63) is 59.7 Å². The van der Waals surface area contributed by atoms with Crippen LogP contribution in [0.15, 0.2) is 48.5 Å². The molecular formula is C19H22O4. The summed E-state index contributed by atoms with van der Waals surface area (Å²) in [5.41, 5.74) is 2.00. The first kappa shape index (κ1) is 16.9. The van der Waals surface area contributed by atoms with E-state index in [1.165, 1.54) is 0 Å². The van der Waals surface area contributed by atoms with Gasteiger partial charge in [-0.1, -0.05) is 43.3 Å². The molecule has 23 heavy (non-hydrogen) atoms. The predicted octanol–water partition coefficient (Wildman–Crippen LogP) is 3.93. The number of rotatable bonds is 8. The van der Waals surface area contributed by atoms with E-state index in [4.69, 9.17) is 9.47 Å². The molecule has 0 radical (unpaired) electrons. The van der Waals surface area contributed by atoms with Gasteiger partial charge in [0.2, 0.25) is 0 Å². The molecule has 0 aliphatic carbocycles. The number of carboxylic acid groups (broad SMARTS) is 1. The van der Waals surface area contributed by atoms with Crippen LogP contribution in [-0.4, -0.2) is 18.2 Å². The summed E-state index contributed by atoms with van der Waals surface area (Å²) in [6, 6.07) is 15.5. The summed E-state index contributed by atoms with van der Waals surface area (Å²) in [7, 11) is 1.59. The normalized spacial score (nSPS) is 11.7. The molecule has 0 saturated carbocycles. The van der Waals surface area contributed by atoms with Crippen LogP contribution in [-0.2, 0) is 17.8 Å². The van der Waals surface area contributed by atoms with E-state index in [9.17, 15) is 9.90 Å². The third-order valence-corrected chi connectivity index (χ3v) is 3.79. The molecule has 0 bridgehead atoms. The topological polar surface area (TPSA) is 55.8 Å². The third kappa shape index (κ3) is 4.74. The Labute approximate surface area is 136 Å². The van der Waals surface area contributed by atoms with Gasteiger partial charge in [-0.2, -0.15) is 0 Å². The van der Waals surface area contributed by atoms with E-state index in [-0.39, 0.29) is 5.92 Å². The largest absolute Gasteiger partial charge is 0.493 e. The van der Waals surface area contributed by atoms with Crippen molar-refractivity contribution in [3.63, 3.8) is 0 Å². The molecule has 1 N–H and O–H groups in total. The van der Waals surface area contributed by atoms with Crippen LogP contribution in [0.5, 0.6) is 11.5 Å². The zero-order valence-electron chi connectivity index (χ0n) is 13.5. The summed E-state index contributed by atoms with van der Waals surface area (Å²) in [6.45, 7) is 2.33. The van der Waals surface area contributed by atoms with Crippen LogP contribution in [0.1, 0.15) is 24.5 Å². The van der Waals surface area contributed by atoms with Gasteiger partial charge in [0.25, 0.3) is 0 Å². The Bertz CT molecular complexity index is 637. The minimum Gasteiger partial charge on any atom is -0.493 e. The highest BCUT2D eigenvalue weighted by Gasteiger charge is 2.16. The van der Waals surface area contributed by atoms with Crippen LogP contribution in [0.25, 0.3) is 0 Å². The van der Waals surface area contributed by atoms with E-state index in [1.807, 2.05) is 55.5 Å². The number of methoxy groups -OCH3 is 1. The van der Waals surface area contributed by atoms with Gasteiger partial charge < -0.3 is 14.6 Å². The lowest BCUT2D eigenvalue weighted by Crippen LogP contribution is -2.15. The summed E-state index contributed by atoms with van der Waals surface area (Å²) >= 11 is 0. The summed E-state index contributed by atoms with van der Waals surface area (Å²) < 4.78 is 11.2. The first-order valence-corrected chi connectivity index (χ1v) is 7.70. The Morgan fingerprint density at radius 3 is 2.43 bits per heavy atom. The number of benzene rings is 2. The van der Waals surface area contributed by atoms with E-state index >= 15 is 0 Å². The molecule has 2 aromatic rings. The molecule has 0 aliphatic heterocycles. The number of hydrogen-bond donors (Lipinski definition) is 1. The van der Waals surface area contributed by atoms with Crippen molar-refractivity contribution < 1.29 is 19.4 Å². The van der Waals surface area contributed by atoms with Crippen molar-refractivity contribution in [2.75, 3.05) is 7.11 Å². The van der Waals surface area contributed by atoms with Crippen LogP contribution >= 0.6 is 0 Å². The fourth-order valence-corrected chi connectivity index (χ4v) is 2.39. The number of carboxylic acids is 1. The van der Waals surface area contributed by atoms with E-state index in [2.05, 4.69) is 0 Å². The molecule has 2 aromatic carbocycles. The summed E-state index contributed by atoms with van der Waals surface area (Å²) in [4.78, 5) is 11.2. The monoisotopic (exact) mass is 314 g/mol. The second-order valence-corrected chi connectivity index (χ2v) is 5.41. The molecule has 4 heteroatoms. The molecule has 0 spiro atoms. The average molecular weight is 314 g/mol. The van der Waals surface area contributed by atoms with Crippen LogP contribution in [0.4, 0.5) is 0 Å². The van der Waals surface area contributed by atoms with Gasteiger partial charge in [-0.05, 0) is 36.1 Å². The summed E-state index contributed by atoms with van der Waals surface area (Å²) in [5.74, 6) is 0.127. The maximum absolute atomic E-state index is 11.2. The molecule has 2 rings (SSSR count). The van der Waals surface area contributed by atoms with Crippen molar-refractivity contribution in [3.8, 4) is 11.5 Å². The van der Waals surface area contributed by atoms with Crippen molar-refractivity contribution in [1.82, 2.24) is 0 Å². The zero-order valence-corrected chi connectivity index (χ0v) is 13.5. The Kier molecular flexibility index (Phi) is 6.03. The van der Waals surface area contributed by atoms with Gasteiger partial charge in [-0.15, -0.1) is 0 Å². The second-order valence-electron chi connectivity index (χ2n) is 5.41. The summed E-state index contributed by atoms with van der Waals surface area (Å²) in [6.07, 6.45) is 1.08. The van der Waals surface area contributed by atoms with Crippen molar-refractivity contribution in [2.24, 2.45) is 5.92 Å². The zero-order chi connectivity index (χ0) is 16.7. The lowest BCUT2D eigenvalue weighted by molar-refractivity contribution is -0.141. The Morgan fingerprint density at radius 1 is 1.09 bits per heavy atom. The van der Waals surface area contributed by atoms with Crippen molar-refractivity contribution in [2.45, 2.75) is 26.4 Å². The van der Waals surface area contributed by atoms with Crippen LogP contribution in [0.3, 0.4) is 0 Å². The molecule has 0 saturated heterocycles. The van der Waals surface area contributed by atoms with Gasteiger partial charge in [0, 0.05) is 0 Å². The fraction of sp³-hybridized carbons (Fsp3) is 0.316. The highest BCUT2D eigenvalue weighted by atomic mass is 16.5. The lowest BCUT2D eigenvalue weighted by atomic mass is 9.97. The van der Waals surface area contributed by atoms with Gasteiger partial charge >= 0.3 is 5.97 Å². The van der Waals surface area contributed by atoms with Gasteiger partial charge in [-0.3, -0.25) is 4.79 Å². The molecule has 0 fully saturated rings. The van der Waals surface area contributed by atoms with Gasteiger partial charge in [0.1, 0.15) is 6.61 Å². The smallest absolute Gasteiger partial charge is 0.306 e. The lowest BCUT2D eigenvalue weighted by Gasteiger charge is -2.14. The van der Waals surface area contributed by atoms with E-state index in [0.29, 0.717) is 30.9 Å². The molecule has 1 atom stereocenters. The van der Waals surface area contributed by atoms with Crippen LogP contribution in [0.2, 0.25) is 0 Å². The second kappa shape index (κ2) is 8.22. The third-order valence-electron chi connectivity index (χ3n) is 3.79. The van der Waals surface area contributed by atoms with Gasteiger partial charge in [-0.25, -0.2) is 0 Å². The molecule has 122 valence electrons. The Balaban J connectivity index is 2.13. The maximum Gasteiger partial charge on any atom is 0.306 e. The molecule has 1 unspecified atom stereocenters. The molecule has 4 nitrogen and oxygen atoms in total. The van der Waals surface area contributed by atoms with Crippen LogP contribution < -0.4 is 9.47 Å². The van der Waals surface area contributed by atoms with Crippen molar-refractivity contribution >= 4 is 5.97 Å². The molecule has 0 amide bonds.